The molecule has 5 aromatic rings. The second-order valence-corrected chi connectivity index (χ2v) is 24.7. The number of H-pyrrole nitrogens is 2. The lowest BCUT2D eigenvalue weighted by Gasteiger charge is -2.34. The summed E-state index contributed by atoms with van der Waals surface area (Å²) in [5.41, 5.74) is 9.30. The Balaban J connectivity index is 0.951. The minimum atomic E-state index is -6.21. The number of carbonyl (C=O) groups excluding carboxylic acids is 1. The summed E-state index contributed by atoms with van der Waals surface area (Å²) < 4.78 is 96.9. The summed E-state index contributed by atoms with van der Waals surface area (Å²) in [6.07, 6.45) is -13.6. The van der Waals surface area contributed by atoms with Crippen LogP contribution in [0.2, 0.25) is 0 Å². The van der Waals surface area contributed by atoms with Crippen LogP contribution in [0.4, 0.5) is 11.8 Å². The first-order valence-electron chi connectivity index (χ1n) is 22.1. The number of aliphatic hydroxyl groups is 3. The number of aliphatic hydroxyl groups excluding tert-OH is 3. The minimum absolute atomic E-state index is 0.00459. The molecule has 3 fully saturated rings. The summed E-state index contributed by atoms with van der Waals surface area (Å²) >= 11 is 5.13. The molecule has 1 amide bonds. The number of carbonyl (C=O) groups is 1. The van der Waals surface area contributed by atoms with Gasteiger partial charge >= 0.3 is 34.8 Å². The third-order valence-electron chi connectivity index (χ3n) is 12.0. The number of aromatic nitrogens is 10. The molecular weight excluding hydrogens is 1140 g/mol. The Bertz CT molecular complexity index is 3420. The van der Waals surface area contributed by atoms with Gasteiger partial charge in [-0.1, -0.05) is 16.8 Å². The molecule has 8 heterocycles. The van der Waals surface area contributed by atoms with Gasteiger partial charge in [-0.3, -0.25) is 47.1 Å². The third kappa shape index (κ3) is 12.7. The number of aromatic amines is 2. The van der Waals surface area contributed by atoms with Crippen LogP contribution in [0.25, 0.3) is 22.3 Å². The zero-order chi connectivity index (χ0) is 56.3. The SMILES string of the molecule is CO[C@@H]1[C@H](OP([O-])(=S)OC[C@H]2O[C@@H](n3ccc(=O)[nH]c3=O)[C@H](O)[C@@H]2O)[C@@H](COP(=O)(O)OP(=O)(O)OP(=O)(O)OC[C@H]2O[C@@H]([n+]3cn(C)c4c(=O)[nH]c(N)nc43)[C@H](O)[C@@H]2CC(=O)N(C)C)O[C@H]1n1cnc2c(N)ncnc21. The smallest absolute Gasteiger partial charge is 0.490 e. The number of hydrogen-bond acceptors (Lipinski definition) is 28. The highest BCUT2D eigenvalue weighted by Crippen LogP contribution is 2.68. The first kappa shape index (κ1) is 58.5. The molecule has 3 aliphatic heterocycles. The van der Waals surface area contributed by atoms with E-state index in [1.54, 1.807) is 0 Å². The van der Waals surface area contributed by atoms with Crippen molar-refractivity contribution in [3.8, 4) is 0 Å². The quantitative estimate of drug-likeness (QED) is 0.0244. The third-order valence-corrected chi connectivity index (χ3v) is 17.8. The Hall–Kier alpha value is -4.69. The Morgan fingerprint density at radius 3 is 2.17 bits per heavy atom. The molecule has 8 rings (SSSR count). The van der Waals surface area contributed by atoms with E-state index in [0.717, 1.165) is 30.3 Å². The molecule has 5 aromatic heterocycles. The molecule has 77 heavy (non-hydrogen) atoms. The van der Waals surface area contributed by atoms with Gasteiger partial charge < -0.3 is 79.3 Å². The lowest BCUT2D eigenvalue weighted by Crippen LogP contribution is -2.45. The van der Waals surface area contributed by atoms with Gasteiger partial charge in [0.15, 0.2) is 30.2 Å². The van der Waals surface area contributed by atoms with E-state index in [1.165, 1.54) is 52.4 Å². The topological polar surface area (TPSA) is 513 Å². The van der Waals surface area contributed by atoms with Crippen molar-refractivity contribution in [3.05, 3.63) is 62.4 Å². The van der Waals surface area contributed by atoms with Crippen molar-refractivity contribution < 1.29 is 104 Å². The number of imidazole rings is 2. The molecule has 0 saturated carbocycles. The van der Waals surface area contributed by atoms with Gasteiger partial charge in [-0.25, -0.2) is 38.0 Å². The molecule has 3 aliphatic rings. The van der Waals surface area contributed by atoms with Crippen LogP contribution < -0.4 is 37.7 Å². The average Bonchev–Trinajstić information content (AvgIpc) is 4.13. The van der Waals surface area contributed by atoms with Crippen molar-refractivity contribution in [1.29, 1.82) is 0 Å². The van der Waals surface area contributed by atoms with Gasteiger partial charge in [0.25, 0.3) is 17.1 Å². The number of nitrogens with two attached hydrogens (primary N) is 2. The second kappa shape index (κ2) is 22.4. The number of aryl methyl sites for hydroxylation is 1. The van der Waals surface area contributed by atoms with Crippen LogP contribution in [0, 0.1) is 5.92 Å². The zero-order valence-electron chi connectivity index (χ0n) is 40.1. The molecule has 37 nitrogen and oxygen atoms in total. The summed E-state index contributed by atoms with van der Waals surface area (Å²) in [4.78, 5) is 117. The maximum absolute atomic E-state index is 13.9. The molecule has 16 atom stereocenters. The highest BCUT2D eigenvalue weighted by molar-refractivity contribution is 8.06. The molecule has 0 aliphatic carbocycles. The highest BCUT2D eigenvalue weighted by Gasteiger charge is 2.53. The number of nitrogens with one attached hydrogen (secondary N) is 2. The molecule has 0 aromatic carbocycles. The fraction of sp³-hybridized carbons (Fsp3) is 0.571. The Labute approximate surface area is 434 Å². The van der Waals surface area contributed by atoms with Crippen LogP contribution in [0.3, 0.4) is 0 Å². The van der Waals surface area contributed by atoms with Crippen molar-refractivity contribution in [2.75, 3.05) is 52.5 Å². The molecule has 12 N–H and O–H groups in total. The number of phosphoric acid groups is 3. The molecule has 424 valence electrons. The summed E-state index contributed by atoms with van der Waals surface area (Å²) in [6, 6.07) is 0.944. The maximum atomic E-state index is 13.9. The van der Waals surface area contributed by atoms with E-state index in [1.807, 2.05) is 4.98 Å². The van der Waals surface area contributed by atoms with Crippen LogP contribution in [0.15, 0.2) is 45.6 Å². The summed E-state index contributed by atoms with van der Waals surface area (Å²) in [7, 11) is -12.6. The van der Waals surface area contributed by atoms with Crippen LogP contribution >= 0.6 is 30.2 Å². The first-order valence-corrected chi connectivity index (χ1v) is 29.1. The molecular formula is C35H49N13O24P4S. The van der Waals surface area contributed by atoms with Crippen LogP contribution in [0.1, 0.15) is 25.1 Å². The summed E-state index contributed by atoms with van der Waals surface area (Å²) in [5.74, 6) is -2.15. The number of fused-ring (bicyclic) bond motifs is 2. The number of nitrogens with zero attached hydrogens (tertiary/aromatic N) is 9. The van der Waals surface area contributed by atoms with Gasteiger partial charge in [-0.15, -0.1) is 0 Å². The van der Waals surface area contributed by atoms with Gasteiger partial charge in [-0.05, 0) is 0 Å². The zero-order valence-corrected chi connectivity index (χ0v) is 44.4. The number of phosphoric ester groups is 2. The number of amides is 1. The van der Waals surface area contributed by atoms with Crippen molar-refractivity contribution in [1.82, 2.24) is 48.5 Å². The fourth-order valence-electron chi connectivity index (χ4n) is 8.50. The van der Waals surface area contributed by atoms with E-state index in [9.17, 15) is 67.8 Å². The number of rotatable bonds is 21. The van der Waals surface area contributed by atoms with E-state index in [2.05, 4.69) is 33.5 Å². The van der Waals surface area contributed by atoms with E-state index < -0.39 is 153 Å². The summed E-state index contributed by atoms with van der Waals surface area (Å²) in [6.45, 7) is -8.02. The van der Waals surface area contributed by atoms with E-state index in [4.69, 9.17) is 60.3 Å². The van der Waals surface area contributed by atoms with Crippen molar-refractivity contribution in [2.24, 2.45) is 13.0 Å². The van der Waals surface area contributed by atoms with Crippen molar-refractivity contribution >= 4 is 82.0 Å². The van der Waals surface area contributed by atoms with Crippen LogP contribution in [-0.2, 0) is 83.0 Å². The molecule has 0 spiro atoms. The largest absolute Gasteiger partial charge is 0.780 e. The molecule has 3 saturated heterocycles. The number of hydrogen-bond donors (Lipinski definition) is 10. The Morgan fingerprint density at radius 2 is 1.52 bits per heavy atom. The normalized spacial score (nSPS) is 29.8. The lowest BCUT2D eigenvalue weighted by molar-refractivity contribution is -0.745. The number of anilines is 2. The first-order chi connectivity index (χ1) is 36.0. The van der Waals surface area contributed by atoms with Crippen molar-refractivity contribution in [2.45, 2.75) is 73.9 Å². The van der Waals surface area contributed by atoms with Gasteiger partial charge in [0.1, 0.15) is 61.3 Å². The number of methoxy groups -OCH3 is 1. The summed E-state index contributed by atoms with van der Waals surface area (Å²) in [5, 5.41) is 32.8. The van der Waals surface area contributed by atoms with Crippen molar-refractivity contribution in [3.63, 3.8) is 0 Å². The Morgan fingerprint density at radius 1 is 0.870 bits per heavy atom. The number of nitrogen functional groups attached to an aromatic ring is 2. The fourth-order valence-corrected chi connectivity index (χ4v) is 13.5. The molecule has 4 unspecified atom stereocenters. The predicted molar refractivity (Wildman–Crippen MR) is 253 cm³/mol. The van der Waals surface area contributed by atoms with Gasteiger partial charge in [0, 0.05) is 45.8 Å². The van der Waals surface area contributed by atoms with E-state index in [0.29, 0.717) is 0 Å². The predicted octanol–water partition coefficient (Wildman–Crippen LogP) is -4.66. The highest BCUT2D eigenvalue weighted by atomic mass is 32.5. The van der Waals surface area contributed by atoms with Crippen LogP contribution in [0.5, 0.6) is 0 Å². The van der Waals surface area contributed by atoms with Crippen LogP contribution in [-0.4, -0.2) is 174 Å². The molecule has 0 radical (unpaired) electrons. The average molecular weight is 1190 g/mol. The van der Waals surface area contributed by atoms with E-state index in [-0.39, 0.29) is 34.1 Å². The van der Waals surface area contributed by atoms with Gasteiger partial charge in [0.2, 0.25) is 17.7 Å². The van der Waals surface area contributed by atoms with Gasteiger partial charge in [-0.2, -0.15) is 8.62 Å². The Kier molecular flexibility index (Phi) is 17.0. The maximum Gasteiger partial charge on any atom is 0.490 e. The van der Waals surface area contributed by atoms with E-state index >= 15 is 0 Å². The second-order valence-electron chi connectivity index (χ2n) is 17.4. The standard InChI is InChI=1S/C35H49N13O24P4S/c1-44(2)19(50)7-14-15(67-31(22(14)51)48-13-45(3)21-29(48)42-34(37)43-30(21)54)8-64-73(56,57)71-75(60,61)72-74(58,59)65-10-17-25(26(63-4)33(69-17)47-12-40-20-27(36)38-11-39-28(20)47)70-76(62,77)66-9-16-23(52)24(53)32(68-16)46-6-5-18(49)41-35(46)55/h5-6,11-17,22-26,31-33,51-53H,7-10H2,1-4H3,(H9-,36,37,38,39,41,42,43,49,54,55,56,57,58,59,60,61,62,77)/t14-,15-,16-,17-,22-,23-,24-,25-,26-,31-,32-,33-,76?/m1/s1. The van der Waals surface area contributed by atoms with Gasteiger partial charge in [0.05, 0.1) is 39.3 Å². The number of ether oxygens (including phenoxy) is 4. The monoisotopic (exact) mass is 1190 g/mol. The molecule has 42 heteroatoms. The minimum Gasteiger partial charge on any atom is -0.780 e. The molecule has 0 bridgehead atoms. The lowest BCUT2D eigenvalue weighted by atomic mass is 9.94.